The summed E-state index contributed by atoms with van der Waals surface area (Å²) in [5, 5.41) is 10.9. The molecule has 1 aromatic carbocycles. The van der Waals surface area contributed by atoms with Crippen LogP contribution < -0.4 is 10.4 Å². The molecule has 3 rings (SSSR count). The van der Waals surface area contributed by atoms with Crippen LogP contribution in [0.5, 0.6) is 11.5 Å². The Morgan fingerprint density at radius 2 is 1.92 bits per heavy atom. The van der Waals surface area contributed by atoms with Crippen molar-refractivity contribution in [1.29, 1.82) is 0 Å². The number of furan rings is 1. The first-order valence-corrected chi connectivity index (χ1v) is 8.66. The second-order valence-corrected chi connectivity index (χ2v) is 6.14. The Morgan fingerprint density at radius 3 is 2.69 bits per heavy atom. The zero-order chi connectivity index (χ0) is 18.7. The Bertz CT molecular complexity index is 1010. The minimum atomic E-state index is -0.576. The third-order valence-electron chi connectivity index (χ3n) is 4.22. The van der Waals surface area contributed by atoms with E-state index in [0.717, 1.165) is 24.0 Å². The quantitative estimate of drug-likeness (QED) is 0.492. The predicted octanol–water partition coefficient (Wildman–Crippen LogP) is 5.11. The molecule has 0 unspecified atom stereocenters. The lowest BCUT2D eigenvalue weighted by molar-refractivity contribution is 0.325. The van der Waals surface area contributed by atoms with Crippen molar-refractivity contribution in [3.63, 3.8) is 0 Å². The number of hydrogen-bond donors (Lipinski definition) is 1. The van der Waals surface area contributed by atoms with Gasteiger partial charge in [0.1, 0.15) is 17.1 Å². The van der Waals surface area contributed by atoms with Gasteiger partial charge >= 0.3 is 5.63 Å². The summed E-state index contributed by atoms with van der Waals surface area (Å²) in [5.41, 5.74) is 0.739. The number of aromatic hydroxyl groups is 1. The highest BCUT2D eigenvalue weighted by Gasteiger charge is 2.18. The van der Waals surface area contributed by atoms with Crippen LogP contribution in [-0.4, -0.2) is 11.7 Å². The Kier molecular flexibility index (Phi) is 5.16. The summed E-state index contributed by atoms with van der Waals surface area (Å²) in [5.74, 6) is 1.31. The number of fused-ring (bicyclic) bond motifs is 1. The van der Waals surface area contributed by atoms with Crippen molar-refractivity contribution >= 4 is 11.0 Å². The predicted molar refractivity (Wildman–Crippen MR) is 101 cm³/mol. The van der Waals surface area contributed by atoms with E-state index in [1.807, 2.05) is 18.2 Å². The molecule has 0 aliphatic rings. The minimum absolute atomic E-state index is 0.0686. The van der Waals surface area contributed by atoms with Crippen molar-refractivity contribution in [2.45, 2.75) is 33.6 Å². The molecule has 0 spiro atoms. The first kappa shape index (κ1) is 17.9. The van der Waals surface area contributed by atoms with Gasteiger partial charge in [0.2, 0.25) is 0 Å². The van der Waals surface area contributed by atoms with E-state index in [4.69, 9.17) is 13.6 Å². The molecule has 5 nitrogen and oxygen atoms in total. The molecule has 0 radical (unpaired) electrons. The Labute approximate surface area is 151 Å². The van der Waals surface area contributed by atoms with E-state index in [2.05, 4.69) is 19.1 Å². The molecule has 1 N–H and O–H groups in total. The van der Waals surface area contributed by atoms with Crippen LogP contribution in [0.25, 0.3) is 22.5 Å². The average Bonchev–Trinajstić information content (AvgIpc) is 3.05. The lowest BCUT2D eigenvalue weighted by Crippen LogP contribution is -2.05. The Morgan fingerprint density at radius 1 is 1.12 bits per heavy atom. The van der Waals surface area contributed by atoms with E-state index in [1.54, 1.807) is 13.0 Å². The molecule has 2 aromatic heterocycles. The number of rotatable bonds is 6. The van der Waals surface area contributed by atoms with Gasteiger partial charge in [-0.2, -0.15) is 0 Å². The second kappa shape index (κ2) is 7.52. The molecular weight excluding hydrogens is 332 g/mol. The topological polar surface area (TPSA) is 72.8 Å². The highest BCUT2D eigenvalue weighted by Crippen LogP contribution is 2.34. The molecule has 0 amide bonds. The van der Waals surface area contributed by atoms with Crippen LogP contribution in [0.4, 0.5) is 0 Å². The standard InChI is InChI=1S/C21H22O5/c1-4-5-6-7-10-24-16-8-9-17-15(11-16)12-18(25-17)20-13(2)19(22)14(3)21(23)26-20/h5-6,8-9,11-12,22H,4,7,10H2,1-3H3. The van der Waals surface area contributed by atoms with Gasteiger partial charge in [-0.25, -0.2) is 4.79 Å². The molecule has 2 heterocycles. The first-order valence-electron chi connectivity index (χ1n) is 8.66. The van der Waals surface area contributed by atoms with Crippen LogP contribution >= 0.6 is 0 Å². The second-order valence-electron chi connectivity index (χ2n) is 6.14. The molecule has 26 heavy (non-hydrogen) atoms. The van der Waals surface area contributed by atoms with Crippen LogP contribution in [0, 0.1) is 13.8 Å². The van der Waals surface area contributed by atoms with Crippen LogP contribution in [0.1, 0.15) is 30.9 Å². The van der Waals surface area contributed by atoms with Crippen molar-refractivity contribution in [3.8, 4) is 23.0 Å². The fraction of sp³-hybridized carbons (Fsp3) is 0.286. The maximum atomic E-state index is 11.9. The van der Waals surface area contributed by atoms with E-state index in [9.17, 15) is 9.90 Å². The highest BCUT2D eigenvalue weighted by atomic mass is 16.5. The molecule has 0 saturated heterocycles. The summed E-state index contributed by atoms with van der Waals surface area (Å²) in [4.78, 5) is 11.9. The van der Waals surface area contributed by atoms with Crippen molar-refractivity contribution in [2.24, 2.45) is 0 Å². The normalized spacial score (nSPS) is 11.5. The summed E-state index contributed by atoms with van der Waals surface area (Å²) in [7, 11) is 0. The number of hydrogen-bond acceptors (Lipinski definition) is 5. The zero-order valence-corrected chi connectivity index (χ0v) is 15.2. The van der Waals surface area contributed by atoms with Gasteiger partial charge in [0.25, 0.3) is 0 Å². The average molecular weight is 354 g/mol. The van der Waals surface area contributed by atoms with Crippen LogP contribution in [0.2, 0.25) is 0 Å². The number of benzene rings is 1. The monoisotopic (exact) mass is 354 g/mol. The van der Waals surface area contributed by atoms with Gasteiger partial charge in [-0.05, 0) is 51.0 Å². The Balaban J connectivity index is 1.88. The van der Waals surface area contributed by atoms with Crippen molar-refractivity contribution in [1.82, 2.24) is 0 Å². The van der Waals surface area contributed by atoms with Gasteiger partial charge in [0.15, 0.2) is 11.5 Å². The molecule has 5 heteroatoms. The minimum Gasteiger partial charge on any atom is -0.507 e. The van der Waals surface area contributed by atoms with E-state index in [1.165, 1.54) is 6.92 Å². The molecule has 0 aliphatic heterocycles. The zero-order valence-electron chi connectivity index (χ0n) is 15.2. The van der Waals surface area contributed by atoms with Crippen LogP contribution in [0.15, 0.2) is 50.0 Å². The molecule has 0 bridgehead atoms. The summed E-state index contributed by atoms with van der Waals surface area (Å²) in [6.07, 6.45) is 6.09. The van der Waals surface area contributed by atoms with E-state index in [0.29, 0.717) is 23.5 Å². The smallest absolute Gasteiger partial charge is 0.343 e. The van der Waals surface area contributed by atoms with Gasteiger partial charge in [-0.3, -0.25) is 0 Å². The third kappa shape index (κ3) is 3.52. The summed E-state index contributed by atoms with van der Waals surface area (Å²) in [6, 6.07) is 7.32. The lowest BCUT2D eigenvalue weighted by atomic mass is 10.1. The van der Waals surface area contributed by atoms with Crippen LogP contribution in [0.3, 0.4) is 0 Å². The molecule has 0 saturated carbocycles. The maximum Gasteiger partial charge on any atom is 0.343 e. The molecular formula is C21H22O5. The number of allylic oxidation sites excluding steroid dienone is 1. The van der Waals surface area contributed by atoms with Crippen LogP contribution in [-0.2, 0) is 0 Å². The van der Waals surface area contributed by atoms with Crippen molar-refractivity contribution in [2.75, 3.05) is 6.61 Å². The van der Waals surface area contributed by atoms with E-state index >= 15 is 0 Å². The summed E-state index contributed by atoms with van der Waals surface area (Å²) in [6.45, 7) is 5.91. The molecule has 0 aliphatic carbocycles. The largest absolute Gasteiger partial charge is 0.507 e. The fourth-order valence-electron chi connectivity index (χ4n) is 2.72. The molecule has 3 aromatic rings. The molecule has 136 valence electrons. The molecule has 0 fully saturated rings. The van der Waals surface area contributed by atoms with Gasteiger partial charge in [0.05, 0.1) is 12.2 Å². The van der Waals surface area contributed by atoms with Gasteiger partial charge in [-0.1, -0.05) is 19.1 Å². The lowest BCUT2D eigenvalue weighted by Gasteiger charge is -2.05. The van der Waals surface area contributed by atoms with Gasteiger partial charge in [0, 0.05) is 10.9 Å². The highest BCUT2D eigenvalue weighted by molar-refractivity contribution is 5.83. The summed E-state index contributed by atoms with van der Waals surface area (Å²) < 4.78 is 16.9. The third-order valence-corrected chi connectivity index (χ3v) is 4.22. The van der Waals surface area contributed by atoms with E-state index in [-0.39, 0.29) is 17.1 Å². The maximum absolute atomic E-state index is 11.9. The SMILES string of the molecule is CCC=CCCOc1ccc2oc(-c3oc(=O)c(C)c(O)c3C)cc2c1. The molecule has 0 atom stereocenters. The van der Waals surface area contributed by atoms with Crippen molar-refractivity contribution < 1.29 is 18.7 Å². The first-order chi connectivity index (χ1) is 12.5. The van der Waals surface area contributed by atoms with Gasteiger partial charge in [-0.15, -0.1) is 0 Å². The summed E-state index contributed by atoms with van der Waals surface area (Å²) >= 11 is 0. The number of ether oxygens (including phenoxy) is 1. The van der Waals surface area contributed by atoms with Crippen molar-refractivity contribution in [3.05, 3.63) is 58.0 Å². The van der Waals surface area contributed by atoms with Gasteiger partial charge < -0.3 is 18.7 Å². The van der Waals surface area contributed by atoms with E-state index < -0.39 is 5.63 Å². The fourth-order valence-corrected chi connectivity index (χ4v) is 2.72. The Hall–Kier alpha value is -2.95.